The Balaban J connectivity index is 2.58. The molecule has 1 aromatic heterocycles. The summed E-state index contributed by atoms with van der Waals surface area (Å²) in [4.78, 5) is 11.0. The maximum atomic E-state index is 11.0. The Labute approximate surface area is 70.5 Å². The molecule has 0 saturated heterocycles. The van der Waals surface area contributed by atoms with E-state index in [1.165, 1.54) is 0 Å². The van der Waals surface area contributed by atoms with E-state index in [4.69, 9.17) is 5.73 Å². The van der Waals surface area contributed by atoms with E-state index in [-0.39, 0.29) is 5.91 Å². The Morgan fingerprint density at radius 3 is 2.92 bits per heavy atom. The number of aryl methyl sites for hydroxylation is 1. The van der Waals surface area contributed by atoms with Gasteiger partial charge in [0.1, 0.15) is 0 Å². The molecule has 1 heterocycles. The summed E-state index contributed by atoms with van der Waals surface area (Å²) in [5.74, 6) is -0.206. The van der Waals surface area contributed by atoms with Crippen LogP contribution in [-0.4, -0.2) is 21.7 Å². The number of hydrogen-bond donors (Lipinski definition) is 2. The molecule has 0 aliphatic carbocycles. The highest BCUT2D eigenvalue weighted by Crippen LogP contribution is 2.02. The van der Waals surface area contributed by atoms with Gasteiger partial charge in [0.15, 0.2) is 0 Å². The molecule has 5 nitrogen and oxygen atoms in total. The Morgan fingerprint density at radius 1 is 1.83 bits per heavy atom. The molecule has 1 aromatic rings. The van der Waals surface area contributed by atoms with Crippen molar-refractivity contribution in [2.24, 2.45) is 12.8 Å². The molecule has 0 bridgehead atoms. The zero-order chi connectivity index (χ0) is 9.14. The van der Waals surface area contributed by atoms with Crippen molar-refractivity contribution in [1.82, 2.24) is 9.78 Å². The van der Waals surface area contributed by atoms with Crippen LogP contribution in [0.25, 0.3) is 0 Å². The number of carbonyl (C=O) groups excluding carboxylic acids is 1. The van der Waals surface area contributed by atoms with E-state index in [1.54, 1.807) is 31.0 Å². The maximum absolute atomic E-state index is 11.0. The molecule has 0 spiro atoms. The zero-order valence-electron chi connectivity index (χ0n) is 7.11. The summed E-state index contributed by atoms with van der Waals surface area (Å²) in [6.45, 7) is 1.63. The first-order valence-electron chi connectivity index (χ1n) is 3.64. The van der Waals surface area contributed by atoms with Gasteiger partial charge in [0, 0.05) is 13.2 Å². The van der Waals surface area contributed by atoms with Crippen molar-refractivity contribution >= 4 is 11.6 Å². The molecule has 0 aromatic carbocycles. The SMILES string of the molecule is C[C@@H](N)C(=O)Nc1cnn(C)c1. The quantitative estimate of drug-likeness (QED) is 0.637. The molecule has 3 N–H and O–H groups in total. The molecule has 5 heteroatoms. The number of nitrogens with two attached hydrogens (primary N) is 1. The molecule has 0 aliphatic rings. The van der Waals surface area contributed by atoms with Crippen LogP contribution in [0.1, 0.15) is 6.92 Å². The minimum Gasteiger partial charge on any atom is -0.322 e. The number of hydrogen-bond acceptors (Lipinski definition) is 3. The molecule has 66 valence electrons. The van der Waals surface area contributed by atoms with Gasteiger partial charge in [-0.05, 0) is 6.92 Å². The van der Waals surface area contributed by atoms with Gasteiger partial charge in [-0.1, -0.05) is 0 Å². The van der Waals surface area contributed by atoms with Crippen molar-refractivity contribution in [2.75, 3.05) is 5.32 Å². The fourth-order valence-electron chi connectivity index (χ4n) is 0.742. The third kappa shape index (κ3) is 2.06. The number of amides is 1. The van der Waals surface area contributed by atoms with Crippen LogP contribution in [0, 0.1) is 0 Å². The second-order valence-electron chi connectivity index (χ2n) is 2.68. The first kappa shape index (κ1) is 8.73. The number of nitrogens with one attached hydrogen (secondary N) is 1. The van der Waals surface area contributed by atoms with Crippen LogP contribution in [0.3, 0.4) is 0 Å². The van der Waals surface area contributed by atoms with Crippen molar-refractivity contribution in [2.45, 2.75) is 13.0 Å². The van der Waals surface area contributed by atoms with Crippen molar-refractivity contribution in [3.63, 3.8) is 0 Å². The summed E-state index contributed by atoms with van der Waals surface area (Å²) in [6, 6.07) is -0.495. The van der Waals surface area contributed by atoms with Gasteiger partial charge in [-0.2, -0.15) is 5.10 Å². The largest absolute Gasteiger partial charge is 0.322 e. The standard InChI is InChI=1S/C7H12N4O/c1-5(8)7(12)10-6-3-9-11(2)4-6/h3-5H,8H2,1-2H3,(H,10,12)/t5-/m1/s1. The summed E-state index contributed by atoms with van der Waals surface area (Å²) in [5, 5.41) is 6.51. The van der Waals surface area contributed by atoms with Crippen LogP contribution >= 0.6 is 0 Å². The molecule has 1 amide bonds. The number of carbonyl (C=O) groups is 1. The topological polar surface area (TPSA) is 72.9 Å². The van der Waals surface area contributed by atoms with E-state index in [9.17, 15) is 4.79 Å². The molecule has 0 fully saturated rings. The second-order valence-corrected chi connectivity index (χ2v) is 2.68. The van der Waals surface area contributed by atoms with Crippen LogP contribution in [0.5, 0.6) is 0 Å². The highest BCUT2D eigenvalue weighted by atomic mass is 16.2. The van der Waals surface area contributed by atoms with Gasteiger partial charge < -0.3 is 11.1 Å². The molecule has 0 saturated carbocycles. The molecule has 1 atom stereocenters. The lowest BCUT2D eigenvalue weighted by Gasteiger charge is -2.03. The van der Waals surface area contributed by atoms with Crippen LogP contribution < -0.4 is 11.1 Å². The lowest BCUT2D eigenvalue weighted by molar-refractivity contribution is -0.117. The first-order chi connectivity index (χ1) is 5.59. The fourth-order valence-corrected chi connectivity index (χ4v) is 0.742. The lowest BCUT2D eigenvalue weighted by atomic mass is 10.3. The molecule has 1 rings (SSSR count). The predicted octanol–water partition coefficient (Wildman–Crippen LogP) is -0.294. The number of anilines is 1. The Morgan fingerprint density at radius 2 is 2.50 bits per heavy atom. The summed E-state index contributed by atoms with van der Waals surface area (Å²) in [6.07, 6.45) is 3.28. The molecular weight excluding hydrogens is 156 g/mol. The second kappa shape index (κ2) is 3.36. The number of aromatic nitrogens is 2. The highest BCUT2D eigenvalue weighted by molar-refractivity contribution is 5.94. The summed E-state index contributed by atoms with van der Waals surface area (Å²) in [5.41, 5.74) is 6.02. The maximum Gasteiger partial charge on any atom is 0.241 e. The Hall–Kier alpha value is -1.36. The van der Waals surface area contributed by atoms with Crippen LogP contribution in [0.2, 0.25) is 0 Å². The van der Waals surface area contributed by atoms with E-state index in [0.717, 1.165) is 0 Å². The minimum absolute atomic E-state index is 0.206. The molecule has 12 heavy (non-hydrogen) atoms. The molecular formula is C7H12N4O. The third-order valence-electron chi connectivity index (χ3n) is 1.39. The van der Waals surface area contributed by atoms with Crippen molar-refractivity contribution in [3.8, 4) is 0 Å². The summed E-state index contributed by atoms with van der Waals surface area (Å²) < 4.78 is 1.61. The van der Waals surface area contributed by atoms with Crippen LogP contribution in [0.15, 0.2) is 12.4 Å². The van der Waals surface area contributed by atoms with Crippen molar-refractivity contribution in [3.05, 3.63) is 12.4 Å². The molecule has 0 radical (unpaired) electrons. The van der Waals surface area contributed by atoms with Gasteiger partial charge in [-0.3, -0.25) is 9.48 Å². The third-order valence-corrected chi connectivity index (χ3v) is 1.39. The zero-order valence-corrected chi connectivity index (χ0v) is 7.11. The Kier molecular flexibility index (Phi) is 2.44. The monoisotopic (exact) mass is 168 g/mol. The van der Waals surface area contributed by atoms with Gasteiger partial charge in [-0.25, -0.2) is 0 Å². The minimum atomic E-state index is -0.495. The van der Waals surface area contributed by atoms with Gasteiger partial charge in [-0.15, -0.1) is 0 Å². The average Bonchev–Trinajstić information content (AvgIpc) is 2.35. The average molecular weight is 168 g/mol. The Bertz CT molecular complexity index is 279. The van der Waals surface area contributed by atoms with Gasteiger partial charge in [0.2, 0.25) is 5.91 Å². The predicted molar refractivity (Wildman–Crippen MR) is 45.5 cm³/mol. The van der Waals surface area contributed by atoms with Gasteiger partial charge >= 0.3 is 0 Å². The van der Waals surface area contributed by atoms with E-state index in [1.807, 2.05) is 0 Å². The van der Waals surface area contributed by atoms with Crippen molar-refractivity contribution in [1.29, 1.82) is 0 Å². The van der Waals surface area contributed by atoms with E-state index in [0.29, 0.717) is 5.69 Å². The number of nitrogens with zero attached hydrogens (tertiary/aromatic N) is 2. The van der Waals surface area contributed by atoms with Gasteiger partial charge in [0.05, 0.1) is 17.9 Å². The van der Waals surface area contributed by atoms with Crippen LogP contribution in [0.4, 0.5) is 5.69 Å². The summed E-state index contributed by atoms with van der Waals surface area (Å²) >= 11 is 0. The first-order valence-corrected chi connectivity index (χ1v) is 3.64. The number of rotatable bonds is 2. The lowest BCUT2D eigenvalue weighted by Crippen LogP contribution is -2.32. The smallest absolute Gasteiger partial charge is 0.241 e. The van der Waals surface area contributed by atoms with E-state index in [2.05, 4.69) is 10.4 Å². The van der Waals surface area contributed by atoms with Crippen molar-refractivity contribution < 1.29 is 4.79 Å². The van der Waals surface area contributed by atoms with E-state index < -0.39 is 6.04 Å². The molecule has 0 unspecified atom stereocenters. The highest BCUT2D eigenvalue weighted by Gasteiger charge is 2.07. The summed E-state index contributed by atoms with van der Waals surface area (Å²) in [7, 11) is 1.78. The molecule has 0 aliphatic heterocycles. The van der Waals surface area contributed by atoms with E-state index >= 15 is 0 Å². The van der Waals surface area contributed by atoms with Gasteiger partial charge in [0.25, 0.3) is 0 Å². The fraction of sp³-hybridized carbons (Fsp3) is 0.429. The van der Waals surface area contributed by atoms with Crippen LogP contribution in [-0.2, 0) is 11.8 Å². The normalized spacial score (nSPS) is 12.6.